The van der Waals surface area contributed by atoms with Crippen molar-refractivity contribution in [2.75, 3.05) is 0 Å². The fraction of sp³-hybridized carbons (Fsp3) is 0.333. The number of hydrogen-bond acceptors (Lipinski definition) is 4. The van der Waals surface area contributed by atoms with Crippen molar-refractivity contribution < 1.29 is 0 Å². The summed E-state index contributed by atoms with van der Waals surface area (Å²) in [6.45, 7) is 1.97. The van der Waals surface area contributed by atoms with Gasteiger partial charge in [0.15, 0.2) is 0 Å². The number of rotatable bonds is 4. The van der Waals surface area contributed by atoms with E-state index < -0.39 is 0 Å². The molecule has 5 nitrogen and oxygen atoms in total. The maximum atomic E-state index is 6.13. The highest BCUT2D eigenvalue weighted by Gasteiger charge is 2.14. The minimum absolute atomic E-state index is 0.0361. The van der Waals surface area contributed by atoms with E-state index in [1.54, 1.807) is 4.68 Å². The smallest absolute Gasteiger partial charge is 0.138 e. The van der Waals surface area contributed by atoms with Crippen LogP contribution in [0.25, 0.3) is 0 Å². The van der Waals surface area contributed by atoms with Gasteiger partial charge in [0, 0.05) is 18.5 Å². The first-order valence-corrected chi connectivity index (χ1v) is 6.04. The predicted octanol–water partition coefficient (Wildman–Crippen LogP) is 1.52. The highest BCUT2D eigenvalue weighted by Crippen LogP contribution is 2.22. The minimum Gasteiger partial charge on any atom is -0.271 e. The number of benzene rings is 1. The fourth-order valence-corrected chi connectivity index (χ4v) is 1.98. The normalized spacial score (nSPS) is 12.7. The Bertz CT molecular complexity index is 537. The molecule has 2 aromatic rings. The van der Waals surface area contributed by atoms with Crippen LogP contribution in [0.5, 0.6) is 0 Å². The molecule has 1 aromatic carbocycles. The van der Waals surface area contributed by atoms with Crippen molar-refractivity contribution in [3.05, 3.63) is 46.5 Å². The third kappa shape index (κ3) is 2.69. The zero-order valence-electron chi connectivity index (χ0n) is 10.4. The number of halogens is 1. The van der Waals surface area contributed by atoms with Crippen LogP contribution in [0.1, 0.15) is 23.0 Å². The number of aryl methyl sites for hydroxylation is 2. The summed E-state index contributed by atoms with van der Waals surface area (Å²) in [4.78, 5) is 4.19. The van der Waals surface area contributed by atoms with E-state index in [0.717, 1.165) is 22.0 Å². The minimum atomic E-state index is -0.0361. The molecule has 0 bridgehead atoms. The number of hydrogen-bond donors (Lipinski definition) is 2. The molecule has 0 radical (unpaired) electrons. The first-order valence-electron chi connectivity index (χ1n) is 5.67. The first kappa shape index (κ1) is 13.0. The zero-order valence-corrected chi connectivity index (χ0v) is 11.1. The van der Waals surface area contributed by atoms with Crippen LogP contribution in [-0.4, -0.2) is 14.8 Å². The van der Waals surface area contributed by atoms with E-state index in [1.165, 1.54) is 6.33 Å². The average Bonchev–Trinajstić information content (AvgIpc) is 2.75. The Hall–Kier alpha value is -1.43. The molecule has 0 saturated heterocycles. The van der Waals surface area contributed by atoms with E-state index in [0.29, 0.717) is 6.42 Å². The molecule has 2 rings (SSSR count). The number of hydrazine groups is 1. The predicted molar refractivity (Wildman–Crippen MR) is 71.0 cm³/mol. The maximum Gasteiger partial charge on any atom is 0.138 e. The summed E-state index contributed by atoms with van der Waals surface area (Å²) in [5.74, 6) is 6.48. The van der Waals surface area contributed by atoms with Crippen LogP contribution < -0.4 is 11.3 Å². The molecule has 1 unspecified atom stereocenters. The van der Waals surface area contributed by atoms with E-state index in [9.17, 15) is 0 Å². The van der Waals surface area contributed by atoms with Crippen molar-refractivity contribution in [3.63, 3.8) is 0 Å². The molecule has 96 valence electrons. The molecular weight excluding hydrogens is 250 g/mol. The quantitative estimate of drug-likeness (QED) is 0.650. The van der Waals surface area contributed by atoms with Crippen LogP contribution in [0.3, 0.4) is 0 Å². The average molecular weight is 266 g/mol. The van der Waals surface area contributed by atoms with Gasteiger partial charge >= 0.3 is 0 Å². The molecule has 0 fully saturated rings. The second kappa shape index (κ2) is 5.48. The van der Waals surface area contributed by atoms with Crippen molar-refractivity contribution >= 4 is 11.6 Å². The van der Waals surface area contributed by atoms with Gasteiger partial charge in [0.1, 0.15) is 12.2 Å². The first-order chi connectivity index (χ1) is 8.61. The van der Waals surface area contributed by atoms with E-state index in [2.05, 4.69) is 15.5 Å². The van der Waals surface area contributed by atoms with Gasteiger partial charge in [0.05, 0.1) is 6.04 Å². The number of nitrogens with two attached hydrogens (primary N) is 1. The Morgan fingerprint density at radius 2 is 2.28 bits per heavy atom. The monoisotopic (exact) mass is 265 g/mol. The summed E-state index contributed by atoms with van der Waals surface area (Å²) in [5.41, 5.74) is 4.88. The van der Waals surface area contributed by atoms with Gasteiger partial charge in [-0.2, -0.15) is 5.10 Å². The molecule has 1 atom stereocenters. The number of nitrogens with one attached hydrogen (secondary N) is 1. The molecule has 0 aliphatic rings. The summed E-state index contributed by atoms with van der Waals surface area (Å²) in [6.07, 6.45) is 2.19. The van der Waals surface area contributed by atoms with E-state index in [-0.39, 0.29) is 6.04 Å². The molecule has 0 aliphatic carbocycles. The molecular formula is C12H16ClN5. The van der Waals surface area contributed by atoms with Crippen LogP contribution in [-0.2, 0) is 13.5 Å². The Balaban J connectivity index is 2.23. The van der Waals surface area contributed by atoms with E-state index in [1.807, 2.05) is 32.2 Å². The van der Waals surface area contributed by atoms with Gasteiger partial charge in [0.25, 0.3) is 0 Å². The van der Waals surface area contributed by atoms with Gasteiger partial charge < -0.3 is 0 Å². The lowest BCUT2D eigenvalue weighted by molar-refractivity contribution is 0.523. The summed E-state index contributed by atoms with van der Waals surface area (Å²) in [5, 5.41) is 4.78. The Labute approximate surface area is 111 Å². The lowest BCUT2D eigenvalue weighted by Gasteiger charge is -2.16. The van der Waals surface area contributed by atoms with Crippen molar-refractivity contribution in [3.8, 4) is 0 Å². The highest BCUT2D eigenvalue weighted by atomic mass is 35.5. The van der Waals surface area contributed by atoms with Gasteiger partial charge in [0.2, 0.25) is 0 Å². The van der Waals surface area contributed by atoms with Crippen molar-refractivity contribution in [2.24, 2.45) is 12.9 Å². The molecule has 3 N–H and O–H groups in total. The topological polar surface area (TPSA) is 68.8 Å². The number of nitrogens with zero attached hydrogens (tertiary/aromatic N) is 3. The largest absolute Gasteiger partial charge is 0.271 e. The van der Waals surface area contributed by atoms with Gasteiger partial charge in [-0.1, -0.05) is 23.7 Å². The molecule has 0 amide bonds. The third-order valence-corrected chi connectivity index (χ3v) is 3.40. The lowest BCUT2D eigenvalue weighted by Crippen LogP contribution is -2.30. The second-order valence-corrected chi connectivity index (χ2v) is 4.64. The third-order valence-electron chi connectivity index (χ3n) is 2.99. The Morgan fingerprint density at radius 1 is 1.50 bits per heavy atom. The molecule has 0 saturated carbocycles. The maximum absolute atomic E-state index is 6.13. The SMILES string of the molecule is Cc1ccc(C(Cc2ncnn2C)NN)cc1Cl. The molecule has 0 aliphatic heterocycles. The summed E-state index contributed by atoms with van der Waals surface area (Å²) < 4.78 is 1.74. The van der Waals surface area contributed by atoms with E-state index in [4.69, 9.17) is 17.4 Å². The second-order valence-electron chi connectivity index (χ2n) is 4.23. The molecule has 1 aromatic heterocycles. The van der Waals surface area contributed by atoms with Crippen LogP contribution in [0.15, 0.2) is 24.5 Å². The Kier molecular flexibility index (Phi) is 3.96. The summed E-state index contributed by atoms with van der Waals surface area (Å²) in [6, 6.07) is 5.89. The zero-order chi connectivity index (χ0) is 13.1. The van der Waals surface area contributed by atoms with Crippen LogP contribution in [0.2, 0.25) is 5.02 Å². The van der Waals surface area contributed by atoms with E-state index >= 15 is 0 Å². The fourth-order valence-electron chi connectivity index (χ4n) is 1.79. The van der Waals surface area contributed by atoms with Gasteiger partial charge in [-0.3, -0.25) is 16.0 Å². The van der Waals surface area contributed by atoms with Crippen LogP contribution >= 0.6 is 11.6 Å². The van der Waals surface area contributed by atoms with Crippen molar-refractivity contribution in [1.29, 1.82) is 0 Å². The van der Waals surface area contributed by atoms with Gasteiger partial charge in [-0.25, -0.2) is 4.98 Å². The van der Waals surface area contributed by atoms with Gasteiger partial charge in [-0.15, -0.1) is 0 Å². The standard InChI is InChI=1S/C12H16ClN5/c1-8-3-4-9(5-10(8)13)11(17-14)6-12-15-7-16-18(12)2/h3-5,7,11,17H,6,14H2,1-2H3. The lowest BCUT2D eigenvalue weighted by atomic mass is 10.0. The molecule has 1 heterocycles. The molecule has 6 heteroatoms. The summed E-state index contributed by atoms with van der Waals surface area (Å²) in [7, 11) is 1.86. The van der Waals surface area contributed by atoms with Crippen molar-refractivity contribution in [1.82, 2.24) is 20.2 Å². The molecule has 18 heavy (non-hydrogen) atoms. The highest BCUT2D eigenvalue weighted by molar-refractivity contribution is 6.31. The van der Waals surface area contributed by atoms with Crippen LogP contribution in [0, 0.1) is 6.92 Å². The number of aromatic nitrogens is 3. The van der Waals surface area contributed by atoms with Crippen LogP contribution in [0.4, 0.5) is 0 Å². The van der Waals surface area contributed by atoms with Crippen molar-refractivity contribution in [2.45, 2.75) is 19.4 Å². The van der Waals surface area contributed by atoms with Gasteiger partial charge in [-0.05, 0) is 24.1 Å². The molecule has 0 spiro atoms. The Morgan fingerprint density at radius 3 is 2.83 bits per heavy atom. The summed E-state index contributed by atoms with van der Waals surface area (Å²) >= 11 is 6.13.